The van der Waals surface area contributed by atoms with E-state index in [1.807, 2.05) is 18.2 Å². The lowest BCUT2D eigenvalue weighted by atomic mass is 10.0. The van der Waals surface area contributed by atoms with Gasteiger partial charge < -0.3 is 20.1 Å². The van der Waals surface area contributed by atoms with Crippen LogP contribution in [0.15, 0.2) is 72.8 Å². The van der Waals surface area contributed by atoms with Crippen molar-refractivity contribution in [3.63, 3.8) is 0 Å². The molecule has 3 aromatic carbocycles. The van der Waals surface area contributed by atoms with Crippen LogP contribution in [0.2, 0.25) is 0 Å². The second-order valence-electron chi connectivity index (χ2n) is 7.72. The summed E-state index contributed by atoms with van der Waals surface area (Å²) in [7, 11) is 2.98. The van der Waals surface area contributed by atoms with Gasteiger partial charge >= 0.3 is 0 Å². The lowest BCUT2D eigenvalue weighted by Crippen LogP contribution is -2.14. The number of carbonyl (C=O) groups excluding carboxylic acids is 2. The molecule has 33 heavy (non-hydrogen) atoms. The molecule has 0 aromatic heterocycles. The third kappa shape index (κ3) is 6.23. The van der Waals surface area contributed by atoms with Crippen molar-refractivity contribution in [3.8, 4) is 11.5 Å². The van der Waals surface area contributed by atoms with Gasteiger partial charge in [0.05, 0.1) is 25.6 Å². The van der Waals surface area contributed by atoms with Crippen LogP contribution in [-0.4, -0.2) is 26.0 Å². The number of benzene rings is 3. The molecular formula is C27H28N2O4. The molecule has 3 aromatic rings. The molecule has 0 aliphatic heterocycles. The van der Waals surface area contributed by atoms with Gasteiger partial charge in [-0.3, -0.25) is 9.59 Å². The molecule has 0 spiro atoms. The highest BCUT2D eigenvalue weighted by molar-refractivity contribution is 6.06. The monoisotopic (exact) mass is 444 g/mol. The largest absolute Gasteiger partial charge is 0.494 e. The molecule has 0 radical (unpaired) electrons. The van der Waals surface area contributed by atoms with Crippen LogP contribution in [0.5, 0.6) is 11.5 Å². The quantitative estimate of drug-likeness (QED) is 0.435. The van der Waals surface area contributed by atoms with E-state index in [9.17, 15) is 9.59 Å². The molecule has 0 saturated carbocycles. The summed E-state index contributed by atoms with van der Waals surface area (Å²) >= 11 is 0. The van der Waals surface area contributed by atoms with Crippen molar-refractivity contribution in [2.24, 2.45) is 0 Å². The first-order valence-corrected chi connectivity index (χ1v) is 10.6. The van der Waals surface area contributed by atoms with Gasteiger partial charge in [-0.15, -0.1) is 0 Å². The topological polar surface area (TPSA) is 76.7 Å². The lowest BCUT2D eigenvalue weighted by molar-refractivity contribution is -0.111. The molecule has 6 heteroatoms. The van der Waals surface area contributed by atoms with Crippen molar-refractivity contribution in [2.75, 3.05) is 24.9 Å². The van der Waals surface area contributed by atoms with Gasteiger partial charge in [0.1, 0.15) is 11.5 Å². The van der Waals surface area contributed by atoms with Crippen molar-refractivity contribution in [1.29, 1.82) is 0 Å². The summed E-state index contributed by atoms with van der Waals surface area (Å²) in [6, 6.07) is 20.2. The Morgan fingerprint density at radius 3 is 1.94 bits per heavy atom. The summed E-state index contributed by atoms with van der Waals surface area (Å²) in [4.78, 5) is 25.0. The van der Waals surface area contributed by atoms with Gasteiger partial charge in [-0.2, -0.15) is 0 Å². The van der Waals surface area contributed by atoms with Crippen LogP contribution in [0.1, 0.15) is 41.3 Å². The van der Waals surface area contributed by atoms with Crippen LogP contribution >= 0.6 is 0 Å². The number of methoxy groups -OCH3 is 2. The fraction of sp³-hybridized carbons (Fsp3) is 0.185. The first-order chi connectivity index (χ1) is 15.9. The summed E-state index contributed by atoms with van der Waals surface area (Å²) < 4.78 is 10.9. The maximum absolute atomic E-state index is 12.5. The SMILES string of the molecule is COc1cc(NC(=O)c2ccccc2)c(OC)cc1NC(=O)/C=C/c1ccc(C(C)C)cc1. The smallest absolute Gasteiger partial charge is 0.255 e. The number of amides is 2. The van der Waals surface area contributed by atoms with Crippen molar-refractivity contribution in [3.05, 3.63) is 89.5 Å². The van der Waals surface area contributed by atoms with Gasteiger partial charge in [-0.1, -0.05) is 56.3 Å². The van der Waals surface area contributed by atoms with Crippen LogP contribution in [-0.2, 0) is 4.79 Å². The van der Waals surface area contributed by atoms with Crippen molar-refractivity contribution in [1.82, 2.24) is 0 Å². The summed E-state index contributed by atoms with van der Waals surface area (Å²) in [6.45, 7) is 4.27. The predicted molar refractivity (Wildman–Crippen MR) is 132 cm³/mol. The fourth-order valence-electron chi connectivity index (χ4n) is 3.22. The molecule has 0 saturated heterocycles. The summed E-state index contributed by atoms with van der Waals surface area (Å²) in [6.07, 6.45) is 3.21. The van der Waals surface area contributed by atoms with Crippen LogP contribution in [0.3, 0.4) is 0 Å². The van der Waals surface area contributed by atoms with Gasteiger partial charge in [-0.25, -0.2) is 0 Å². The molecular weight excluding hydrogens is 416 g/mol. The zero-order valence-corrected chi connectivity index (χ0v) is 19.2. The maximum atomic E-state index is 12.5. The Balaban J connectivity index is 1.75. The van der Waals surface area contributed by atoms with E-state index in [4.69, 9.17) is 9.47 Å². The van der Waals surface area contributed by atoms with Crippen LogP contribution in [0.4, 0.5) is 11.4 Å². The fourth-order valence-corrected chi connectivity index (χ4v) is 3.22. The Kier molecular flexibility index (Phi) is 7.86. The Morgan fingerprint density at radius 2 is 1.39 bits per heavy atom. The van der Waals surface area contributed by atoms with E-state index in [-0.39, 0.29) is 11.8 Å². The molecule has 170 valence electrons. The van der Waals surface area contributed by atoms with Gasteiger partial charge in [0.15, 0.2) is 0 Å². The zero-order valence-electron chi connectivity index (χ0n) is 19.2. The third-order valence-corrected chi connectivity index (χ3v) is 5.09. The molecule has 0 fully saturated rings. The minimum Gasteiger partial charge on any atom is -0.494 e. The highest BCUT2D eigenvalue weighted by Crippen LogP contribution is 2.36. The van der Waals surface area contributed by atoms with Crippen molar-refractivity contribution in [2.45, 2.75) is 19.8 Å². The summed E-state index contributed by atoms with van der Waals surface area (Å²) in [5, 5.41) is 5.63. The molecule has 2 amide bonds. The number of nitrogens with one attached hydrogen (secondary N) is 2. The molecule has 0 bridgehead atoms. The van der Waals surface area contributed by atoms with Gasteiger partial charge in [0.2, 0.25) is 5.91 Å². The number of carbonyl (C=O) groups is 2. The Bertz CT molecular complexity index is 1140. The van der Waals surface area contributed by atoms with E-state index in [2.05, 4.69) is 36.6 Å². The van der Waals surface area contributed by atoms with E-state index >= 15 is 0 Å². The molecule has 0 unspecified atom stereocenters. The third-order valence-electron chi connectivity index (χ3n) is 5.09. The minimum absolute atomic E-state index is 0.279. The van der Waals surface area contributed by atoms with Crippen LogP contribution in [0.25, 0.3) is 6.08 Å². The molecule has 3 rings (SSSR count). The van der Waals surface area contributed by atoms with Crippen LogP contribution in [0, 0.1) is 0 Å². The van der Waals surface area contributed by atoms with E-state index in [0.717, 1.165) is 5.56 Å². The first-order valence-electron chi connectivity index (χ1n) is 10.6. The van der Waals surface area contributed by atoms with Crippen molar-refractivity contribution >= 4 is 29.3 Å². The number of anilines is 2. The highest BCUT2D eigenvalue weighted by Gasteiger charge is 2.15. The minimum atomic E-state index is -0.315. The first kappa shape index (κ1) is 23.6. The average Bonchev–Trinajstić information content (AvgIpc) is 2.84. The second kappa shape index (κ2) is 11.0. The predicted octanol–water partition coefficient (Wildman–Crippen LogP) is 5.73. The highest BCUT2D eigenvalue weighted by atomic mass is 16.5. The second-order valence-corrected chi connectivity index (χ2v) is 7.72. The Labute approximate surface area is 194 Å². The van der Waals surface area contributed by atoms with Crippen molar-refractivity contribution < 1.29 is 19.1 Å². The molecule has 0 aliphatic rings. The van der Waals surface area contributed by atoms with Gasteiger partial charge in [0.25, 0.3) is 5.91 Å². The van der Waals surface area contributed by atoms with E-state index in [1.165, 1.54) is 25.9 Å². The Hall–Kier alpha value is -4.06. The number of ether oxygens (including phenoxy) is 2. The van der Waals surface area contributed by atoms with E-state index in [0.29, 0.717) is 34.4 Å². The average molecular weight is 445 g/mol. The summed E-state index contributed by atoms with van der Waals surface area (Å²) in [5.74, 6) is 0.642. The van der Waals surface area contributed by atoms with E-state index in [1.54, 1.807) is 42.5 Å². The number of hydrogen-bond donors (Lipinski definition) is 2. The molecule has 0 heterocycles. The maximum Gasteiger partial charge on any atom is 0.255 e. The lowest BCUT2D eigenvalue weighted by Gasteiger charge is -2.16. The molecule has 0 atom stereocenters. The molecule has 6 nitrogen and oxygen atoms in total. The standard InChI is InChI=1S/C27H28N2O4/c1-18(2)20-13-10-19(11-14-20)12-15-26(30)28-22-16-25(33-4)23(17-24(22)32-3)29-27(31)21-8-6-5-7-9-21/h5-18H,1-4H3,(H,28,30)(H,29,31)/b15-12+. The number of rotatable bonds is 8. The van der Waals surface area contributed by atoms with Crippen LogP contribution < -0.4 is 20.1 Å². The van der Waals surface area contributed by atoms with E-state index < -0.39 is 0 Å². The normalized spacial score (nSPS) is 10.8. The van der Waals surface area contributed by atoms with Gasteiger partial charge in [0, 0.05) is 23.8 Å². The number of hydrogen-bond acceptors (Lipinski definition) is 4. The summed E-state index contributed by atoms with van der Waals surface area (Å²) in [5.41, 5.74) is 3.55. The molecule has 0 aliphatic carbocycles. The Morgan fingerprint density at radius 1 is 0.818 bits per heavy atom. The molecule has 2 N–H and O–H groups in total. The zero-order chi connectivity index (χ0) is 23.8. The van der Waals surface area contributed by atoms with Gasteiger partial charge in [-0.05, 0) is 35.3 Å².